The molecule has 7 nitrogen and oxygen atoms in total. The molecule has 2 aromatic rings. The molecule has 0 bridgehead atoms. The van der Waals surface area contributed by atoms with Crippen molar-refractivity contribution in [2.45, 2.75) is 26.1 Å². The third-order valence-electron chi connectivity index (χ3n) is 3.97. The lowest BCUT2D eigenvalue weighted by molar-refractivity contribution is -0.685. The average molecular weight is 315 g/mol. The monoisotopic (exact) mass is 315 g/mol. The maximum Gasteiger partial charge on any atom is 0.396 e. The molecule has 1 aliphatic heterocycles. The third kappa shape index (κ3) is 2.63. The summed E-state index contributed by atoms with van der Waals surface area (Å²) in [6.07, 6.45) is 3.57. The van der Waals surface area contributed by atoms with Gasteiger partial charge in [-0.25, -0.2) is 9.47 Å². The minimum atomic E-state index is -1.26. The third-order valence-corrected chi connectivity index (χ3v) is 3.97. The minimum Gasteiger partial charge on any atom is -0.353 e. The lowest BCUT2D eigenvalue weighted by Crippen LogP contribution is -2.47. The predicted octanol–water partition coefficient (Wildman–Crippen LogP) is 1.60. The van der Waals surface area contributed by atoms with Crippen molar-refractivity contribution in [3.63, 3.8) is 0 Å². The molecule has 23 heavy (non-hydrogen) atoms. The highest BCUT2D eigenvalue weighted by Crippen LogP contribution is 2.34. The van der Waals surface area contributed by atoms with Crippen molar-refractivity contribution in [3.05, 3.63) is 58.4 Å². The van der Waals surface area contributed by atoms with Gasteiger partial charge in [-0.05, 0) is 18.1 Å². The second kappa shape index (κ2) is 5.58. The van der Waals surface area contributed by atoms with E-state index >= 15 is 0 Å². The van der Waals surface area contributed by atoms with Gasteiger partial charge < -0.3 is 5.11 Å². The molecular formula is C16H19N4O3+. The van der Waals surface area contributed by atoms with Crippen molar-refractivity contribution in [1.29, 1.82) is 0 Å². The number of nitro groups is 1. The Kier molecular flexibility index (Phi) is 3.73. The first-order valence-corrected chi connectivity index (χ1v) is 7.51. The molecule has 1 aromatic carbocycles. The number of fused-ring (bicyclic) bond motifs is 1. The largest absolute Gasteiger partial charge is 0.396 e. The van der Waals surface area contributed by atoms with Crippen LogP contribution in [0.25, 0.3) is 0 Å². The summed E-state index contributed by atoms with van der Waals surface area (Å²) >= 11 is 0. The van der Waals surface area contributed by atoms with E-state index in [0.29, 0.717) is 30.5 Å². The molecule has 0 fully saturated rings. The lowest BCUT2D eigenvalue weighted by Gasteiger charge is -2.29. The van der Waals surface area contributed by atoms with Gasteiger partial charge in [-0.3, -0.25) is 10.1 Å². The number of aliphatic hydroxyl groups is 1. The van der Waals surface area contributed by atoms with Crippen LogP contribution < -0.4 is 9.47 Å². The number of nitrogens with zero attached hydrogens (tertiary/aromatic N) is 4. The van der Waals surface area contributed by atoms with Crippen molar-refractivity contribution in [2.75, 3.05) is 11.4 Å². The molecule has 0 radical (unpaired) electrons. The average Bonchev–Trinajstić information content (AvgIpc) is 2.80. The van der Waals surface area contributed by atoms with Gasteiger partial charge >= 0.3 is 5.95 Å². The van der Waals surface area contributed by atoms with Gasteiger partial charge in [-0.1, -0.05) is 18.8 Å². The molecular weight excluding hydrogens is 296 g/mol. The predicted molar refractivity (Wildman–Crippen MR) is 83.6 cm³/mol. The fraction of sp³-hybridized carbons (Fsp3) is 0.375. The van der Waals surface area contributed by atoms with E-state index in [1.807, 2.05) is 21.7 Å². The highest BCUT2D eigenvalue weighted by molar-refractivity contribution is 5.41. The van der Waals surface area contributed by atoms with E-state index in [0.717, 1.165) is 0 Å². The molecule has 0 saturated carbocycles. The van der Waals surface area contributed by atoms with Crippen molar-refractivity contribution in [3.8, 4) is 0 Å². The number of rotatable bonds is 4. The minimum absolute atomic E-state index is 0.00838. The molecule has 120 valence electrons. The molecule has 1 aromatic heterocycles. The van der Waals surface area contributed by atoms with Gasteiger partial charge in [0, 0.05) is 23.8 Å². The molecule has 0 amide bonds. The highest BCUT2D eigenvalue weighted by Gasteiger charge is 2.51. The summed E-state index contributed by atoms with van der Waals surface area (Å²) in [7, 11) is 0. The topological polar surface area (TPSA) is 83.4 Å². The molecule has 7 heteroatoms. The van der Waals surface area contributed by atoms with Gasteiger partial charge in [-0.2, -0.15) is 0 Å². The second-order valence-corrected chi connectivity index (χ2v) is 6.17. The van der Waals surface area contributed by atoms with Crippen LogP contribution in [-0.4, -0.2) is 21.6 Å². The first kappa shape index (κ1) is 15.4. The molecule has 0 spiro atoms. The maximum atomic E-state index is 11.3. The number of nitro benzene ring substituents is 1. The number of non-ortho nitro benzene ring substituents is 1. The molecule has 0 aliphatic carbocycles. The van der Waals surface area contributed by atoms with Crippen LogP contribution >= 0.6 is 0 Å². The van der Waals surface area contributed by atoms with Gasteiger partial charge in [0.05, 0.1) is 17.7 Å². The summed E-state index contributed by atoms with van der Waals surface area (Å²) in [6, 6.07) is 7.87. The van der Waals surface area contributed by atoms with Crippen LogP contribution in [0.2, 0.25) is 0 Å². The molecule has 1 N–H and O–H groups in total. The van der Waals surface area contributed by atoms with Crippen molar-refractivity contribution in [2.24, 2.45) is 5.92 Å². The SMILES string of the molecule is CC(C)CN1c2nccc[n+]2C[C@@]1(O)c1ccc([N+](=O)[O-])cc1. The quantitative estimate of drug-likeness (QED) is 0.526. The smallest absolute Gasteiger partial charge is 0.353 e. The molecule has 1 atom stereocenters. The fourth-order valence-corrected chi connectivity index (χ4v) is 2.92. The van der Waals surface area contributed by atoms with Gasteiger partial charge in [0.15, 0.2) is 0 Å². The van der Waals surface area contributed by atoms with Crippen LogP contribution in [0.5, 0.6) is 0 Å². The molecule has 2 heterocycles. The fourth-order valence-electron chi connectivity index (χ4n) is 2.92. The lowest BCUT2D eigenvalue weighted by atomic mass is 10.0. The Bertz CT molecular complexity index is 732. The van der Waals surface area contributed by atoms with E-state index in [9.17, 15) is 15.2 Å². The summed E-state index contributed by atoms with van der Waals surface area (Å²) < 4.78 is 1.89. The normalized spacial score (nSPS) is 19.9. The number of benzene rings is 1. The Morgan fingerprint density at radius 2 is 2.13 bits per heavy atom. The number of hydrogen-bond acceptors (Lipinski definition) is 5. The van der Waals surface area contributed by atoms with Crippen LogP contribution in [0.3, 0.4) is 0 Å². The molecule has 3 rings (SSSR count). The summed E-state index contributed by atoms with van der Waals surface area (Å²) in [5.41, 5.74) is -0.635. The van der Waals surface area contributed by atoms with E-state index in [1.54, 1.807) is 18.3 Å². The van der Waals surface area contributed by atoms with Crippen molar-refractivity contribution in [1.82, 2.24) is 4.98 Å². The molecule has 0 unspecified atom stereocenters. The summed E-state index contributed by atoms with van der Waals surface area (Å²) in [6.45, 7) is 5.11. The standard InChI is InChI=1S/C16H19N4O3/c1-12(2)10-19-15-17-8-3-9-18(15)11-16(19,21)13-4-6-14(7-5-13)20(22)23/h3-9,12,21H,10-11H2,1-2H3/q+1/t16-/m1/s1. The van der Waals surface area contributed by atoms with Crippen molar-refractivity contribution < 1.29 is 14.6 Å². The number of anilines is 1. The van der Waals surface area contributed by atoms with E-state index in [2.05, 4.69) is 18.8 Å². The van der Waals surface area contributed by atoms with Crippen LogP contribution in [-0.2, 0) is 12.3 Å². The summed E-state index contributed by atoms with van der Waals surface area (Å²) in [5.74, 6) is 1.02. The first-order chi connectivity index (χ1) is 10.9. The molecule has 0 saturated heterocycles. The first-order valence-electron chi connectivity index (χ1n) is 7.51. The van der Waals surface area contributed by atoms with Crippen LogP contribution in [0.4, 0.5) is 11.6 Å². The zero-order valence-corrected chi connectivity index (χ0v) is 13.1. The summed E-state index contributed by atoms with van der Waals surface area (Å²) in [4.78, 5) is 16.6. The van der Waals surface area contributed by atoms with E-state index < -0.39 is 10.6 Å². The van der Waals surface area contributed by atoms with Gasteiger partial charge in [0.1, 0.15) is 12.7 Å². The van der Waals surface area contributed by atoms with E-state index in [-0.39, 0.29) is 5.69 Å². The Labute approximate surface area is 134 Å². The highest BCUT2D eigenvalue weighted by atomic mass is 16.6. The zero-order chi connectivity index (χ0) is 16.6. The van der Waals surface area contributed by atoms with Crippen molar-refractivity contribution >= 4 is 11.6 Å². The zero-order valence-electron chi connectivity index (χ0n) is 13.1. The van der Waals surface area contributed by atoms with Crippen LogP contribution in [0.1, 0.15) is 19.4 Å². The number of hydrogen-bond donors (Lipinski definition) is 1. The Balaban J connectivity index is 2.03. The van der Waals surface area contributed by atoms with E-state index in [4.69, 9.17) is 0 Å². The van der Waals surface area contributed by atoms with Crippen LogP contribution in [0.15, 0.2) is 42.7 Å². The summed E-state index contributed by atoms with van der Waals surface area (Å²) in [5, 5.41) is 22.1. The molecule has 1 aliphatic rings. The van der Waals surface area contributed by atoms with Gasteiger partial charge in [0.25, 0.3) is 5.69 Å². The van der Waals surface area contributed by atoms with Crippen LogP contribution in [0, 0.1) is 16.0 Å². The second-order valence-electron chi connectivity index (χ2n) is 6.17. The Morgan fingerprint density at radius 3 is 2.74 bits per heavy atom. The van der Waals surface area contributed by atoms with Gasteiger partial charge in [0.2, 0.25) is 5.72 Å². The number of aromatic nitrogens is 2. The Morgan fingerprint density at radius 1 is 1.43 bits per heavy atom. The Hall–Kier alpha value is -2.54. The van der Waals surface area contributed by atoms with E-state index in [1.165, 1.54) is 12.1 Å². The maximum absolute atomic E-state index is 11.3. The van der Waals surface area contributed by atoms with Gasteiger partial charge in [-0.15, -0.1) is 0 Å².